The van der Waals surface area contributed by atoms with E-state index < -0.39 is 0 Å². The molecule has 0 aromatic rings. The number of nitrogens with one attached hydrogen (secondary N) is 1. The summed E-state index contributed by atoms with van der Waals surface area (Å²) in [5.41, 5.74) is 0. The summed E-state index contributed by atoms with van der Waals surface area (Å²) in [4.78, 5) is 10.2. The molecule has 12 heavy (non-hydrogen) atoms. The summed E-state index contributed by atoms with van der Waals surface area (Å²) < 4.78 is 0. The average molecular weight is 189 g/mol. The molecule has 0 aliphatic carbocycles. The molecule has 1 saturated heterocycles. The van der Waals surface area contributed by atoms with E-state index in [1.54, 1.807) is 0 Å². The molecule has 0 amide bonds. The molecule has 2 nitrogen and oxygen atoms in total. The van der Waals surface area contributed by atoms with Gasteiger partial charge in [0, 0.05) is 37.4 Å². The van der Waals surface area contributed by atoms with Crippen molar-refractivity contribution in [3.8, 4) is 0 Å². The summed E-state index contributed by atoms with van der Waals surface area (Å²) in [7, 11) is 0. The molecule has 1 aliphatic heterocycles. The van der Waals surface area contributed by atoms with Crippen LogP contribution in [-0.2, 0) is 4.79 Å². The SMILES string of the molecule is C1CSCCN1.CCC(=O)CC. The fourth-order valence-electron chi connectivity index (χ4n) is 0.766. The van der Waals surface area contributed by atoms with Crippen molar-refractivity contribution in [2.45, 2.75) is 26.7 Å². The first-order chi connectivity index (χ1) is 5.81. The van der Waals surface area contributed by atoms with Gasteiger partial charge in [-0.3, -0.25) is 4.79 Å². The molecule has 1 N–H and O–H groups in total. The third kappa shape index (κ3) is 8.08. The largest absolute Gasteiger partial charge is 0.315 e. The molecule has 3 heteroatoms. The number of thioether (sulfide) groups is 1. The van der Waals surface area contributed by atoms with Crippen molar-refractivity contribution in [3.05, 3.63) is 0 Å². The summed E-state index contributed by atoms with van der Waals surface area (Å²) in [6.45, 7) is 6.19. The third-order valence-electron chi connectivity index (χ3n) is 1.64. The van der Waals surface area contributed by atoms with E-state index in [4.69, 9.17) is 0 Å². The number of ketones is 1. The van der Waals surface area contributed by atoms with Crippen molar-refractivity contribution in [2.24, 2.45) is 0 Å². The number of hydrogen-bond acceptors (Lipinski definition) is 3. The summed E-state index contributed by atoms with van der Waals surface area (Å²) >= 11 is 2.03. The first-order valence-corrected chi connectivity index (χ1v) is 5.76. The number of carbonyl (C=O) groups excluding carboxylic acids is 1. The van der Waals surface area contributed by atoms with Gasteiger partial charge < -0.3 is 5.32 Å². The molecule has 0 spiro atoms. The Balaban J connectivity index is 0.000000202. The van der Waals surface area contributed by atoms with Crippen LogP contribution in [0.1, 0.15) is 26.7 Å². The second-order valence-corrected chi connectivity index (χ2v) is 3.83. The van der Waals surface area contributed by atoms with Crippen molar-refractivity contribution in [1.82, 2.24) is 5.32 Å². The highest BCUT2D eigenvalue weighted by molar-refractivity contribution is 7.99. The molecule has 0 atom stereocenters. The first-order valence-electron chi connectivity index (χ1n) is 4.61. The molecule has 0 aromatic carbocycles. The van der Waals surface area contributed by atoms with Crippen LogP contribution in [0.25, 0.3) is 0 Å². The standard InChI is InChI=1S/C5H10O.C4H9NS/c1-3-5(6)4-2;1-3-6-4-2-5-1/h3-4H2,1-2H3;5H,1-4H2. The van der Waals surface area contributed by atoms with Crippen molar-refractivity contribution in [3.63, 3.8) is 0 Å². The Morgan fingerprint density at radius 3 is 1.83 bits per heavy atom. The van der Waals surface area contributed by atoms with Gasteiger partial charge in [0.05, 0.1) is 0 Å². The van der Waals surface area contributed by atoms with E-state index in [1.807, 2.05) is 25.6 Å². The van der Waals surface area contributed by atoms with Crippen LogP contribution in [-0.4, -0.2) is 30.4 Å². The smallest absolute Gasteiger partial charge is 0.132 e. The Morgan fingerprint density at radius 1 is 1.25 bits per heavy atom. The van der Waals surface area contributed by atoms with E-state index in [9.17, 15) is 4.79 Å². The number of rotatable bonds is 2. The maximum Gasteiger partial charge on any atom is 0.132 e. The van der Waals surface area contributed by atoms with Crippen LogP contribution in [0.2, 0.25) is 0 Å². The zero-order valence-electron chi connectivity index (χ0n) is 8.06. The molecule has 1 heterocycles. The van der Waals surface area contributed by atoms with Crippen LogP contribution in [0.3, 0.4) is 0 Å². The number of hydrogen-bond donors (Lipinski definition) is 1. The zero-order valence-corrected chi connectivity index (χ0v) is 8.88. The third-order valence-corrected chi connectivity index (χ3v) is 2.62. The molecule has 0 radical (unpaired) electrons. The van der Waals surface area contributed by atoms with Crippen LogP contribution in [0.4, 0.5) is 0 Å². The van der Waals surface area contributed by atoms with E-state index in [0.29, 0.717) is 18.6 Å². The van der Waals surface area contributed by atoms with Gasteiger partial charge in [-0.1, -0.05) is 13.8 Å². The van der Waals surface area contributed by atoms with Gasteiger partial charge in [0.25, 0.3) is 0 Å². The van der Waals surface area contributed by atoms with Crippen LogP contribution in [0, 0.1) is 0 Å². The van der Waals surface area contributed by atoms with Crippen LogP contribution < -0.4 is 5.32 Å². The maximum absolute atomic E-state index is 10.2. The number of Topliss-reactive ketones (excluding diaryl/α,β-unsaturated/α-hetero) is 1. The zero-order chi connectivity index (χ0) is 9.23. The fraction of sp³-hybridized carbons (Fsp3) is 0.889. The van der Waals surface area contributed by atoms with Gasteiger partial charge in [-0.05, 0) is 0 Å². The molecule has 1 rings (SSSR count). The van der Waals surface area contributed by atoms with Gasteiger partial charge >= 0.3 is 0 Å². The van der Waals surface area contributed by atoms with Gasteiger partial charge in [0.1, 0.15) is 5.78 Å². The molecule has 0 bridgehead atoms. The molecular formula is C9H19NOS. The van der Waals surface area contributed by atoms with Gasteiger partial charge in [0.15, 0.2) is 0 Å². The highest BCUT2D eigenvalue weighted by atomic mass is 32.2. The average Bonchev–Trinajstić information content (AvgIpc) is 2.20. The Kier molecular flexibility index (Phi) is 9.06. The lowest BCUT2D eigenvalue weighted by Crippen LogP contribution is -2.24. The summed E-state index contributed by atoms with van der Waals surface area (Å²) in [6.07, 6.45) is 1.38. The van der Waals surface area contributed by atoms with Crippen LogP contribution in [0.15, 0.2) is 0 Å². The molecule has 1 fully saturated rings. The minimum Gasteiger partial charge on any atom is -0.315 e. The topological polar surface area (TPSA) is 29.1 Å². The summed E-state index contributed by atoms with van der Waals surface area (Å²) in [5.74, 6) is 2.95. The lowest BCUT2D eigenvalue weighted by atomic mass is 10.3. The second-order valence-electron chi connectivity index (χ2n) is 2.61. The minimum absolute atomic E-state index is 0.343. The minimum atomic E-state index is 0.343. The van der Waals surface area contributed by atoms with Gasteiger partial charge in [-0.15, -0.1) is 0 Å². The summed E-state index contributed by atoms with van der Waals surface area (Å²) in [5, 5.41) is 3.26. The van der Waals surface area contributed by atoms with Crippen molar-refractivity contribution in [1.29, 1.82) is 0 Å². The normalized spacial score (nSPS) is 16.2. The van der Waals surface area contributed by atoms with E-state index in [2.05, 4.69) is 5.32 Å². The molecule has 72 valence electrons. The Bertz CT molecular complexity index is 95.6. The highest BCUT2D eigenvalue weighted by Gasteiger charge is 1.93. The van der Waals surface area contributed by atoms with Crippen LogP contribution >= 0.6 is 11.8 Å². The molecular weight excluding hydrogens is 170 g/mol. The van der Waals surface area contributed by atoms with E-state index in [1.165, 1.54) is 24.6 Å². The van der Waals surface area contributed by atoms with E-state index >= 15 is 0 Å². The Hall–Kier alpha value is -0.0200. The Labute approximate surface area is 79.5 Å². The molecule has 0 unspecified atom stereocenters. The van der Waals surface area contributed by atoms with Crippen molar-refractivity contribution < 1.29 is 4.79 Å². The fourth-order valence-corrected chi connectivity index (χ4v) is 1.55. The van der Waals surface area contributed by atoms with Gasteiger partial charge in [-0.2, -0.15) is 11.8 Å². The van der Waals surface area contributed by atoms with E-state index in [-0.39, 0.29) is 0 Å². The van der Waals surface area contributed by atoms with E-state index in [0.717, 1.165) is 0 Å². The maximum atomic E-state index is 10.2. The quantitative estimate of drug-likeness (QED) is 0.717. The predicted molar refractivity (Wildman–Crippen MR) is 55.8 cm³/mol. The highest BCUT2D eigenvalue weighted by Crippen LogP contribution is 1.99. The summed E-state index contributed by atoms with van der Waals surface area (Å²) in [6, 6.07) is 0. The molecule has 0 aromatic heterocycles. The predicted octanol–water partition coefficient (Wildman–Crippen LogP) is 1.70. The Morgan fingerprint density at radius 2 is 1.75 bits per heavy atom. The van der Waals surface area contributed by atoms with Crippen molar-refractivity contribution in [2.75, 3.05) is 24.6 Å². The second kappa shape index (κ2) is 9.07. The van der Waals surface area contributed by atoms with Gasteiger partial charge in [0.2, 0.25) is 0 Å². The first kappa shape index (κ1) is 12.0. The lowest BCUT2D eigenvalue weighted by Gasteiger charge is -2.08. The lowest BCUT2D eigenvalue weighted by molar-refractivity contribution is -0.118. The number of carbonyl (C=O) groups is 1. The van der Waals surface area contributed by atoms with Crippen LogP contribution in [0.5, 0.6) is 0 Å². The molecule has 1 aliphatic rings. The van der Waals surface area contributed by atoms with Crippen molar-refractivity contribution >= 4 is 17.5 Å². The molecule has 0 saturated carbocycles. The monoisotopic (exact) mass is 189 g/mol. The van der Waals surface area contributed by atoms with Gasteiger partial charge in [-0.25, -0.2) is 0 Å².